The largest absolute Gasteiger partial charge is 0.319 e. The summed E-state index contributed by atoms with van der Waals surface area (Å²) in [6.45, 7) is -0.0465. The van der Waals surface area contributed by atoms with Crippen LogP contribution in [-0.4, -0.2) is 14.5 Å². The molecule has 154 valence electrons. The van der Waals surface area contributed by atoms with Crippen LogP contribution in [0.2, 0.25) is 0 Å². The van der Waals surface area contributed by atoms with Crippen molar-refractivity contribution in [2.45, 2.75) is 6.54 Å². The fourth-order valence-corrected chi connectivity index (χ4v) is 3.77. The number of pyridine rings is 1. The Morgan fingerprint density at radius 1 is 0.871 bits per heavy atom. The summed E-state index contributed by atoms with van der Waals surface area (Å²) in [7, 11) is 0. The summed E-state index contributed by atoms with van der Waals surface area (Å²) in [5.74, 6) is -3.83. The highest BCUT2D eigenvalue weighted by Gasteiger charge is 2.21. The summed E-state index contributed by atoms with van der Waals surface area (Å²) < 4.78 is 58.6. The van der Waals surface area contributed by atoms with Gasteiger partial charge in [-0.1, -0.05) is 18.2 Å². The van der Waals surface area contributed by atoms with Gasteiger partial charge in [0, 0.05) is 11.5 Å². The summed E-state index contributed by atoms with van der Waals surface area (Å²) in [4.78, 5) is 18.8. The van der Waals surface area contributed by atoms with E-state index in [0.717, 1.165) is 18.2 Å². The first-order valence-electron chi connectivity index (χ1n) is 9.33. The van der Waals surface area contributed by atoms with Gasteiger partial charge in [-0.15, -0.1) is 0 Å². The van der Waals surface area contributed by atoms with E-state index in [2.05, 4.69) is 9.97 Å². The lowest BCUT2D eigenvalue weighted by Gasteiger charge is -2.13. The zero-order chi connectivity index (χ0) is 21.7. The molecule has 0 amide bonds. The highest BCUT2D eigenvalue weighted by atomic mass is 19.2. The van der Waals surface area contributed by atoms with Gasteiger partial charge in [0.2, 0.25) is 5.56 Å². The van der Waals surface area contributed by atoms with E-state index in [4.69, 9.17) is 0 Å². The predicted molar refractivity (Wildman–Crippen MR) is 109 cm³/mol. The lowest BCUT2D eigenvalue weighted by atomic mass is 10.1. The first-order chi connectivity index (χ1) is 14.9. The minimum absolute atomic E-state index is 0.0211. The number of nitrogens with one attached hydrogen (secondary N) is 1. The van der Waals surface area contributed by atoms with Gasteiger partial charge in [-0.2, -0.15) is 0 Å². The van der Waals surface area contributed by atoms with Crippen LogP contribution in [0.5, 0.6) is 0 Å². The molecule has 0 aliphatic rings. The summed E-state index contributed by atoms with van der Waals surface area (Å²) >= 11 is 0. The highest BCUT2D eigenvalue weighted by molar-refractivity contribution is 5.84. The molecular formula is C23H13F4N3O. The number of H-pyrrole nitrogens is 1. The molecule has 4 nitrogen and oxygen atoms in total. The second-order valence-electron chi connectivity index (χ2n) is 7.05. The zero-order valence-corrected chi connectivity index (χ0v) is 15.8. The molecular weight excluding hydrogens is 410 g/mol. The molecule has 0 saturated carbocycles. The van der Waals surface area contributed by atoms with Gasteiger partial charge >= 0.3 is 0 Å². The normalized spacial score (nSPS) is 11.5. The third-order valence-electron chi connectivity index (χ3n) is 5.16. The Labute approximate surface area is 172 Å². The molecule has 0 spiro atoms. The molecule has 31 heavy (non-hydrogen) atoms. The second-order valence-corrected chi connectivity index (χ2v) is 7.05. The third kappa shape index (κ3) is 3.07. The van der Waals surface area contributed by atoms with E-state index in [0.29, 0.717) is 16.6 Å². The quantitative estimate of drug-likeness (QED) is 0.408. The molecule has 0 fully saturated rings. The molecule has 0 aliphatic heterocycles. The maximum absolute atomic E-state index is 14.6. The third-order valence-corrected chi connectivity index (χ3v) is 5.16. The van der Waals surface area contributed by atoms with Crippen molar-refractivity contribution in [3.8, 4) is 11.4 Å². The molecule has 5 rings (SSSR count). The van der Waals surface area contributed by atoms with Crippen molar-refractivity contribution in [2.24, 2.45) is 0 Å². The smallest absolute Gasteiger partial charge is 0.248 e. The molecule has 2 heterocycles. The van der Waals surface area contributed by atoms with E-state index in [1.165, 1.54) is 18.2 Å². The van der Waals surface area contributed by atoms with E-state index >= 15 is 0 Å². The molecule has 0 bridgehead atoms. The first-order valence-corrected chi connectivity index (χ1v) is 9.33. The minimum atomic E-state index is -1.17. The van der Waals surface area contributed by atoms with Gasteiger partial charge in [0.15, 0.2) is 11.6 Å². The average Bonchev–Trinajstić information content (AvgIpc) is 3.09. The maximum Gasteiger partial charge on any atom is 0.248 e. The average molecular weight is 423 g/mol. The van der Waals surface area contributed by atoms with E-state index in [1.54, 1.807) is 28.8 Å². The lowest BCUT2D eigenvalue weighted by Crippen LogP contribution is -2.12. The number of benzene rings is 3. The molecule has 2 aromatic heterocycles. The zero-order valence-electron chi connectivity index (χ0n) is 15.8. The van der Waals surface area contributed by atoms with Crippen LogP contribution in [0.25, 0.3) is 33.3 Å². The van der Waals surface area contributed by atoms with Crippen LogP contribution in [0.3, 0.4) is 0 Å². The number of rotatable bonds is 3. The van der Waals surface area contributed by atoms with Crippen LogP contribution in [0.4, 0.5) is 17.6 Å². The molecule has 0 unspecified atom stereocenters. The molecule has 0 saturated heterocycles. The monoisotopic (exact) mass is 423 g/mol. The predicted octanol–water partition coefficient (Wildman–Crippen LogP) is 5.15. The van der Waals surface area contributed by atoms with Crippen LogP contribution in [0.1, 0.15) is 5.56 Å². The number of fused-ring (bicyclic) bond motifs is 2. The number of hydrogen-bond donors (Lipinski definition) is 1. The summed E-state index contributed by atoms with van der Waals surface area (Å²) in [5, 5.41) is 0.274. The Morgan fingerprint density at radius 3 is 2.39 bits per heavy atom. The Kier molecular flexibility index (Phi) is 4.35. The van der Waals surface area contributed by atoms with Gasteiger partial charge in [0.25, 0.3) is 0 Å². The van der Waals surface area contributed by atoms with Crippen molar-refractivity contribution < 1.29 is 17.6 Å². The van der Waals surface area contributed by atoms with E-state index in [-0.39, 0.29) is 28.8 Å². The van der Waals surface area contributed by atoms with Crippen molar-refractivity contribution in [2.75, 3.05) is 0 Å². The van der Waals surface area contributed by atoms with Crippen LogP contribution >= 0.6 is 0 Å². The minimum Gasteiger partial charge on any atom is -0.319 e. The standard InChI is InChI=1S/C23H13F4N3O/c24-14-4-3-5-15(25)20(14)23-28-17-6-1-2-7-18(17)30(23)11-12-10-19(31)29-22-13(12)8-9-16(26)21(22)27/h1-10H,11H2,(H,29,31). The summed E-state index contributed by atoms with van der Waals surface area (Å²) in [5.41, 5.74) is 0.187. The van der Waals surface area contributed by atoms with Crippen LogP contribution in [-0.2, 0) is 6.54 Å². The number of para-hydroxylation sites is 2. The fourth-order valence-electron chi connectivity index (χ4n) is 3.77. The fraction of sp³-hybridized carbons (Fsp3) is 0.0435. The van der Waals surface area contributed by atoms with Crippen molar-refractivity contribution in [1.82, 2.24) is 14.5 Å². The molecule has 3 aromatic carbocycles. The van der Waals surface area contributed by atoms with Crippen molar-refractivity contribution in [3.63, 3.8) is 0 Å². The molecule has 1 N–H and O–H groups in total. The first kappa shape index (κ1) is 19.0. The SMILES string of the molecule is O=c1cc(Cn2c(-c3c(F)cccc3F)nc3ccccc32)c2ccc(F)c(F)c2[nH]1. The van der Waals surface area contributed by atoms with Crippen LogP contribution in [0, 0.1) is 23.3 Å². The topological polar surface area (TPSA) is 50.7 Å². The number of halogens is 4. The Hall–Kier alpha value is -3.94. The van der Waals surface area contributed by atoms with Gasteiger partial charge in [-0.3, -0.25) is 4.79 Å². The van der Waals surface area contributed by atoms with Gasteiger partial charge in [0.1, 0.15) is 17.5 Å². The van der Waals surface area contributed by atoms with Gasteiger partial charge in [0.05, 0.1) is 28.7 Å². The van der Waals surface area contributed by atoms with Gasteiger partial charge in [-0.25, -0.2) is 22.5 Å². The highest BCUT2D eigenvalue weighted by Crippen LogP contribution is 2.31. The Balaban J connectivity index is 1.80. The molecule has 0 atom stereocenters. The van der Waals surface area contributed by atoms with E-state index in [9.17, 15) is 22.4 Å². The number of imidazole rings is 1. The van der Waals surface area contributed by atoms with Crippen LogP contribution in [0.15, 0.2) is 65.5 Å². The summed E-state index contributed by atoms with van der Waals surface area (Å²) in [6.07, 6.45) is 0. The van der Waals surface area contributed by atoms with Gasteiger partial charge in [-0.05, 0) is 42.0 Å². The summed E-state index contributed by atoms with van der Waals surface area (Å²) in [6, 6.07) is 14.0. The molecule has 8 heteroatoms. The van der Waals surface area contributed by atoms with Gasteiger partial charge < -0.3 is 9.55 Å². The van der Waals surface area contributed by atoms with E-state index in [1.807, 2.05) is 0 Å². The Morgan fingerprint density at radius 2 is 1.61 bits per heavy atom. The second kappa shape index (κ2) is 7.09. The van der Waals surface area contributed by atoms with Crippen molar-refractivity contribution >= 4 is 21.9 Å². The van der Waals surface area contributed by atoms with E-state index < -0.39 is 28.8 Å². The maximum atomic E-state index is 14.6. The molecule has 5 aromatic rings. The number of aromatic nitrogens is 3. The molecule has 0 radical (unpaired) electrons. The van der Waals surface area contributed by atoms with Crippen molar-refractivity contribution in [1.29, 1.82) is 0 Å². The molecule has 0 aliphatic carbocycles. The lowest BCUT2D eigenvalue weighted by molar-refractivity contribution is 0.515. The Bertz CT molecular complexity index is 1520. The number of aromatic amines is 1. The number of hydrogen-bond acceptors (Lipinski definition) is 2. The van der Waals surface area contributed by atoms with Crippen LogP contribution < -0.4 is 5.56 Å². The van der Waals surface area contributed by atoms with Crippen molar-refractivity contribution in [3.05, 3.63) is 99.8 Å². The number of nitrogens with zero attached hydrogens (tertiary/aromatic N) is 2.